The van der Waals surface area contributed by atoms with E-state index in [0.29, 0.717) is 5.56 Å². The fraction of sp³-hybridized carbons (Fsp3) is 0.500. The van der Waals surface area contributed by atoms with Crippen molar-refractivity contribution in [1.82, 2.24) is 5.32 Å². The van der Waals surface area contributed by atoms with Gasteiger partial charge in [-0.15, -0.1) is 0 Å². The number of hydrogen-bond acceptors (Lipinski definition) is 4. The van der Waals surface area contributed by atoms with Crippen molar-refractivity contribution in [3.63, 3.8) is 0 Å². The summed E-state index contributed by atoms with van der Waals surface area (Å²) in [6, 6.07) is 6.15. The molecule has 21 heavy (non-hydrogen) atoms. The number of carbonyl (C=O) groups is 1. The molecule has 0 heterocycles. The molecule has 0 aliphatic carbocycles. The number of benzene rings is 1. The van der Waals surface area contributed by atoms with Crippen LogP contribution in [0.2, 0.25) is 0 Å². The lowest BCUT2D eigenvalue weighted by Gasteiger charge is -2.36. The zero-order valence-corrected chi connectivity index (χ0v) is 13.6. The number of primary sulfonamides is 1. The molecule has 0 saturated carbocycles. The summed E-state index contributed by atoms with van der Waals surface area (Å²) >= 11 is 0. The van der Waals surface area contributed by atoms with Crippen LogP contribution in [-0.4, -0.2) is 19.9 Å². The van der Waals surface area contributed by atoms with Crippen molar-refractivity contribution >= 4 is 15.9 Å². The van der Waals surface area contributed by atoms with Crippen molar-refractivity contribution in [2.75, 3.05) is 0 Å². The molecule has 1 aromatic carbocycles. The summed E-state index contributed by atoms with van der Waals surface area (Å²) in [5, 5.41) is 7.85. The minimum atomic E-state index is -3.75. The molecular formula is C14H23N3O3S. The van der Waals surface area contributed by atoms with E-state index in [9.17, 15) is 13.2 Å². The number of rotatable bonds is 5. The molecule has 1 rings (SSSR count). The molecule has 6 nitrogen and oxygen atoms in total. The van der Waals surface area contributed by atoms with Crippen LogP contribution in [0.3, 0.4) is 0 Å². The third-order valence-corrected chi connectivity index (χ3v) is 4.77. The highest BCUT2D eigenvalue weighted by molar-refractivity contribution is 7.89. The van der Waals surface area contributed by atoms with Gasteiger partial charge in [0.05, 0.1) is 10.3 Å². The van der Waals surface area contributed by atoms with Gasteiger partial charge in [0, 0.05) is 12.1 Å². The third kappa shape index (κ3) is 4.26. The molecule has 0 atom stereocenters. The monoisotopic (exact) mass is 313 g/mol. The highest BCUT2D eigenvalue weighted by Crippen LogP contribution is 2.28. The maximum Gasteiger partial charge on any atom is 0.238 e. The second-order valence-electron chi connectivity index (χ2n) is 6.22. The van der Waals surface area contributed by atoms with Crippen molar-refractivity contribution in [2.24, 2.45) is 16.3 Å². The topological polar surface area (TPSA) is 115 Å². The van der Waals surface area contributed by atoms with Crippen molar-refractivity contribution in [1.29, 1.82) is 0 Å². The van der Waals surface area contributed by atoms with Crippen molar-refractivity contribution < 1.29 is 13.2 Å². The average molecular weight is 313 g/mol. The second-order valence-corrected chi connectivity index (χ2v) is 7.78. The maximum absolute atomic E-state index is 12.2. The molecule has 5 N–H and O–H groups in total. The van der Waals surface area contributed by atoms with Gasteiger partial charge in [-0.05, 0) is 45.4 Å². The van der Waals surface area contributed by atoms with Crippen LogP contribution in [0.1, 0.15) is 33.3 Å². The third-order valence-electron chi connectivity index (χ3n) is 3.86. The summed E-state index contributed by atoms with van der Waals surface area (Å²) in [6.45, 7) is 7.32. The van der Waals surface area contributed by atoms with Crippen molar-refractivity contribution in [3.8, 4) is 0 Å². The van der Waals surface area contributed by atoms with Gasteiger partial charge in [0.25, 0.3) is 0 Å². The first-order valence-corrected chi connectivity index (χ1v) is 8.09. The van der Waals surface area contributed by atoms with Gasteiger partial charge in [-0.1, -0.05) is 12.1 Å². The summed E-state index contributed by atoms with van der Waals surface area (Å²) in [6.07, 6.45) is 0. The Morgan fingerprint density at radius 2 is 1.81 bits per heavy atom. The lowest BCUT2D eigenvalue weighted by molar-refractivity contribution is -0.132. The van der Waals surface area contributed by atoms with Gasteiger partial charge in [0.2, 0.25) is 15.9 Å². The summed E-state index contributed by atoms with van der Waals surface area (Å²) in [4.78, 5) is 12.3. The van der Waals surface area contributed by atoms with Crippen LogP contribution >= 0.6 is 0 Å². The van der Waals surface area contributed by atoms with Crippen LogP contribution in [0.4, 0.5) is 0 Å². The van der Waals surface area contributed by atoms with Crippen LogP contribution in [0.25, 0.3) is 0 Å². The molecule has 0 unspecified atom stereocenters. The molecule has 118 valence electrons. The summed E-state index contributed by atoms with van der Waals surface area (Å²) < 4.78 is 22.6. The molecule has 0 spiro atoms. The Balaban J connectivity index is 2.84. The van der Waals surface area contributed by atoms with E-state index in [-0.39, 0.29) is 17.3 Å². The van der Waals surface area contributed by atoms with Crippen LogP contribution in [0, 0.1) is 5.41 Å². The normalized spacial score (nSPS) is 13.0. The number of nitrogens with two attached hydrogens (primary N) is 2. The van der Waals surface area contributed by atoms with Gasteiger partial charge < -0.3 is 11.1 Å². The molecule has 0 aromatic heterocycles. The molecular weight excluding hydrogens is 290 g/mol. The molecule has 0 aliphatic rings. The highest BCUT2D eigenvalue weighted by Gasteiger charge is 2.40. The predicted octanol–water partition coefficient (Wildman–Crippen LogP) is 0.714. The van der Waals surface area contributed by atoms with E-state index < -0.39 is 21.0 Å². The summed E-state index contributed by atoms with van der Waals surface area (Å²) in [7, 11) is -3.75. The molecule has 0 aliphatic heterocycles. The number of sulfonamides is 1. The Morgan fingerprint density at radius 3 is 2.29 bits per heavy atom. The minimum absolute atomic E-state index is 0.0210. The summed E-state index contributed by atoms with van der Waals surface area (Å²) in [5.74, 6) is -0.198. The molecule has 0 radical (unpaired) electrons. The summed E-state index contributed by atoms with van der Waals surface area (Å²) in [5.41, 5.74) is 5.22. The zero-order valence-electron chi connectivity index (χ0n) is 12.8. The van der Waals surface area contributed by atoms with E-state index in [0.717, 1.165) is 0 Å². The minimum Gasteiger partial charge on any atom is -0.352 e. The van der Waals surface area contributed by atoms with E-state index in [4.69, 9.17) is 10.9 Å². The van der Waals surface area contributed by atoms with E-state index in [2.05, 4.69) is 5.32 Å². The quantitative estimate of drug-likeness (QED) is 0.742. The Bertz CT molecular complexity index is 631. The molecule has 7 heteroatoms. The van der Waals surface area contributed by atoms with E-state index in [1.807, 2.05) is 0 Å². The number of hydrogen-bond donors (Lipinski definition) is 3. The largest absolute Gasteiger partial charge is 0.352 e. The smallest absolute Gasteiger partial charge is 0.238 e. The van der Waals surface area contributed by atoms with Crippen molar-refractivity contribution in [2.45, 2.75) is 44.7 Å². The zero-order chi connectivity index (χ0) is 16.5. The first kappa shape index (κ1) is 17.6. The lowest BCUT2D eigenvalue weighted by atomic mass is 9.74. The maximum atomic E-state index is 12.2. The second kappa shape index (κ2) is 5.75. The Kier molecular flexibility index (Phi) is 4.82. The van der Waals surface area contributed by atoms with Gasteiger partial charge >= 0.3 is 0 Å². The van der Waals surface area contributed by atoms with Crippen molar-refractivity contribution in [3.05, 3.63) is 29.8 Å². The van der Waals surface area contributed by atoms with E-state index in [1.165, 1.54) is 12.1 Å². The fourth-order valence-corrected chi connectivity index (χ4v) is 2.11. The predicted molar refractivity (Wildman–Crippen MR) is 81.7 cm³/mol. The molecule has 1 amide bonds. The molecule has 1 aromatic rings. The van der Waals surface area contributed by atoms with Gasteiger partial charge in [0.1, 0.15) is 0 Å². The Hall–Kier alpha value is -1.44. The van der Waals surface area contributed by atoms with E-state index >= 15 is 0 Å². The van der Waals surface area contributed by atoms with Gasteiger partial charge in [-0.2, -0.15) is 0 Å². The molecule has 0 bridgehead atoms. The fourth-order valence-electron chi connectivity index (χ4n) is 1.53. The van der Waals surface area contributed by atoms with Crippen LogP contribution in [0.5, 0.6) is 0 Å². The Morgan fingerprint density at radius 1 is 1.24 bits per heavy atom. The highest BCUT2D eigenvalue weighted by atomic mass is 32.2. The van der Waals surface area contributed by atoms with Gasteiger partial charge in [-0.25, -0.2) is 13.6 Å². The van der Waals surface area contributed by atoms with Crippen LogP contribution in [0.15, 0.2) is 29.2 Å². The average Bonchev–Trinajstić information content (AvgIpc) is 2.33. The van der Waals surface area contributed by atoms with Crippen LogP contribution in [-0.2, 0) is 21.4 Å². The first-order chi connectivity index (χ1) is 9.35. The molecule has 0 fully saturated rings. The standard InChI is InChI=1S/C14H23N3O3S/c1-13(2,14(3,4)15)12(18)17-9-10-6-5-7-11(8-10)21(16,19)20/h5-8H,9,15H2,1-4H3,(H,17,18)(H2,16,19,20). The Labute approximate surface area is 126 Å². The number of carbonyl (C=O) groups excluding carboxylic acids is 1. The number of nitrogens with one attached hydrogen (secondary N) is 1. The van der Waals surface area contributed by atoms with Crippen LogP contribution < -0.4 is 16.2 Å². The number of amides is 1. The van der Waals surface area contributed by atoms with Gasteiger partial charge in [-0.3, -0.25) is 4.79 Å². The SMILES string of the molecule is CC(C)(N)C(C)(C)C(=O)NCc1cccc(S(N)(=O)=O)c1. The van der Waals surface area contributed by atoms with Gasteiger partial charge in [0.15, 0.2) is 0 Å². The molecule has 0 saturated heterocycles. The first-order valence-electron chi connectivity index (χ1n) is 6.54. The lowest BCUT2D eigenvalue weighted by Crippen LogP contribution is -2.55. The van der Waals surface area contributed by atoms with E-state index in [1.54, 1.807) is 39.8 Å².